The number of rotatable bonds is 5. The monoisotopic (exact) mass is 391 g/mol. The van der Waals surface area contributed by atoms with Crippen molar-refractivity contribution in [1.82, 2.24) is 19.2 Å². The minimum Gasteiger partial charge on any atom is -0.480 e. The minimum absolute atomic E-state index is 0.0571. The van der Waals surface area contributed by atoms with Crippen LogP contribution in [-0.2, 0) is 11.3 Å². The van der Waals surface area contributed by atoms with Crippen LogP contribution in [0.4, 0.5) is 5.69 Å². The number of methoxy groups -OCH3 is 1. The second-order valence-corrected chi connectivity index (χ2v) is 7.01. The molecule has 0 spiro atoms. The van der Waals surface area contributed by atoms with E-state index < -0.39 is 0 Å². The van der Waals surface area contributed by atoms with Crippen LogP contribution in [-0.4, -0.2) is 32.2 Å². The van der Waals surface area contributed by atoms with Gasteiger partial charge in [0.15, 0.2) is 0 Å². The predicted octanol–water partition coefficient (Wildman–Crippen LogP) is 2.81. The first-order chi connectivity index (χ1) is 14.0. The summed E-state index contributed by atoms with van der Waals surface area (Å²) in [5.74, 6) is 0.688. The summed E-state index contributed by atoms with van der Waals surface area (Å²) in [6.07, 6.45) is 1.57. The topological polar surface area (TPSA) is 90.5 Å². The van der Waals surface area contributed by atoms with Gasteiger partial charge in [0, 0.05) is 17.5 Å². The molecule has 0 unspecified atom stereocenters. The Morgan fingerprint density at radius 1 is 1.17 bits per heavy atom. The van der Waals surface area contributed by atoms with Gasteiger partial charge in [-0.05, 0) is 24.3 Å². The van der Waals surface area contributed by atoms with Gasteiger partial charge in [-0.2, -0.15) is 5.10 Å². The molecule has 148 valence electrons. The maximum atomic E-state index is 13.0. The lowest BCUT2D eigenvalue weighted by atomic mass is 10.2. The number of aromatic nitrogens is 4. The number of pyridine rings is 1. The summed E-state index contributed by atoms with van der Waals surface area (Å²) in [5, 5.41) is 8.19. The largest absolute Gasteiger partial charge is 0.480 e. The van der Waals surface area contributed by atoms with E-state index in [9.17, 15) is 9.59 Å². The highest BCUT2D eigenvalue weighted by atomic mass is 16.5. The number of nitrogens with zero attached hydrogens (tertiary/aromatic N) is 4. The second-order valence-electron chi connectivity index (χ2n) is 7.01. The van der Waals surface area contributed by atoms with Crippen molar-refractivity contribution >= 4 is 28.0 Å². The highest BCUT2D eigenvalue weighted by Gasteiger charge is 2.18. The van der Waals surface area contributed by atoms with Crippen molar-refractivity contribution in [2.24, 2.45) is 0 Å². The van der Waals surface area contributed by atoms with Gasteiger partial charge in [-0.25, -0.2) is 9.67 Å². The summed E-state index contributed by atoms with van der Waals surface area (Å²) in [5.41, 5.74) is 1.54. The maximum absolute atomic E-state index is 13.0. The standard InChI is InChI=1S/C21H21N5O3/c1-13(2)19-24-25(12-18(27)23-15-8-6-10-22-20(15)29-3)21(28)17-11-14-7-4-5-9-16(14)26(17)19/h4-11,13H,12H2,1-3H3,(H,23,27). The van der Waals surface area contributed by atoms with E-state index in [0.717, 1.165) is 10.9 Å². The van der Waals surface area contributed by atoms with Crippen LogP contribution in [0.2, 0.25) is 0 Å². The second kappa shape index (κ2) is 7.38. The Hall–Kier alpha value is -3.68. The van der Waals surface area contributed by atoms with Gasteiger partial charge in [0.1, 0.15) is 23.6 Å². The molecule has 29 heavy (non-hydrogen) atoms. The SMILES string of the molecule is COc1ncccc1NC(=O)Cn1nc(C(C)C)n2c(cc3ccccc32)c1=O. The van der Waals surface area contributed by atoms with Crippen molar-refractivity contribution in [3.8, 4) is 5.88 Å². The number of fused-ring (bicyclic) bond motifs is 3. The van der Waals surface area contributed by atoms with E-state index in [4.69, 9.17) is 4.74 Å². The van der Waals surface area contributed by atoms with Crippen LogP contribution in [0.15, 0.2) is 53.5 Å². The van der Waals surface area contributed by atoms with E-state index in [1.54, 1.807) is 18.3 Å². The molecule has 0 aliphatic rings. The van der Waals surface area contributed by atoms with Crippen molar-refractivity contribution in [2.45, 2.75) is 26.3 Å². The Morgan fingerprint density at radius 3 is 2.72 bits per heavy atom. The van der Waals surface area contributed by atoms with Crippen LogP contribution in [0.5, 0.6) is 5.88 Å². The molecule has 0 aliphatic heterocycles. The number of nitrogens with one attached hydrogen (secondary N) is 1. The first-order valence-corrected chi connectivity index (χ1v) is 9.29. The van der Waals surface area contributed by atoms with Crippen LogP contribution in [0.3, 0.4) is 0 Å². The average Bonchev–Trinajstić information content (AvgIpc) is 3.10. The Labute approximate surface area is 166 Å². The van der Waals surface area contributed by atoms with E-state index in [1.807, 2.05) is 48.6 Å². The molecule has 3 heterocycles. The highest BCUT2D eigenvalue weighted by molar-refractivity contribution is 5.92. The number of carbonyl (C=O) groups is 1. The van der Waals surface area contributed by atoms with Gasteiger partial charge >= 0.3 is 0 Å². The van der Waals surface area contributed by atoms with Crippen molar-refractivity contribution in [3.05, 3.63) is 64.8 Å². The third-order valence-corrected chi connectivity index (χ3v) is 4.66. The number of carbonyl (C=O) groups excluding carboxylic acids is 1. The normalized spacial score (nSPS) is 11.3. The zero-order valence-electron chi connectivity index (χ0n) is 16.4. The summed E-state index contributed by atoms with van der Waals surface area (Å²) < 4.78 is 8.23. The molecule has 0 saturated heterocycles. The van der Waals surface area contributed by atoms with Gasteiger partial charge in [0.25, 0.3) is 5.56 Å². The molecule has 1 amide bonds. The number of anilines is 1. The molecule has 8 heteroatoms. The molecule has 4 aromatic rings. The molecule has 1 aromatic carbocycles. The fourth-order valence-electron chi connectivity index (χ4n) is 3.36. The molecule has 1 N–H and O–H groups in total. The first kappa shape index (κ1) is 18.7. The molecule has 0 saturated carbocycles. The Kier molecular flexibility index (Phi) is 4.75. The summed E-state index contributed by atoms with van der Waals surface area (Å²) >= 11 is 0. The van der Waals surface area contributed by atoms with Crippen molar-refractivity contribution in [3.63, 3.8) is 0 Å². The molecular formula is C21H21N5O3. The summed E-state index contributed by atoms with van der Waals surface area (Å²) in [7, 11) is 1.48. The van der Waals surface area contributed by atoms with Crippen LogP contribution >= 0.6 is 0 Å². The lowest BCUT2D eigenvalue weighted by molar-refractivity contribution is -0.117. The molecular weight excluding hydrogens is 370 g/mol. The quantitative estimate of drug-likeness (QED) is 0.565. The maximum Gasteiger partial charge on any atom is 0.291 e. The zero-order valence-corrected chi connectivity index (χ0v) is 16.4. The first-order valence-electron chi connectivity index (χ1n) is 9.29. The fraction of sp³-hybridized carbons (Fsp3) is 0.238. The van der Waals surface area contributed by atoms with Crippen LogP contribution in [0.1, 0.15) is 25.6 Å². The molecule has 0 bridgehead atoms. The Morgan fingerprint density at radius 2 is 1.97 bits per heavy atom. The Balaban J connectivity index is 1.76. The number of ether oxygens (including phenoxy) is 1. The summed E-state index contributed by atoms with van der Waals surface area (Å²) in [6, 6.07) is 13.0. The van der Waals surface area contributed by atoms with Crippen LogP contribution < -0.4 is 15.6 Å². The Bertz CT molecular complexity index is 1270. The number of hydrogen-bond donors (Lipinski definition) is 1. The molecule has 8 nitrogen and oxygen atoms in total. The summed E-state index contributed by atoms with van der Waals surface area (Å²) in [6.45, 7) is 3.80. The third-order valence-electron chi connectivity index (χ3n) is 4.66. The van der Waals surface area contributed by atoms with E-state index in [0.29, 0.717) is 22.9 Å². The molecule has 3 aromatic heterocycles. The molecule has 0 radical (unpaired) electrons. The predicted molar refractivity (Wildman–Crippen MR) is 110 cm³/mol. The van der Waals surface area contributed by atoms with Gasteiger partial charge in [-0.15, -0.1) is 0 Å². The number of para-hydroxylation sites is 1. The van der Waals surface area contributed by atoms with Crippen molar-refractivity contribution < 1.29 is 9.53 Å². The minimum atomic E-state index is -0.388. The number of amides is 1. The molecule has 0 atom stereocenters. The van der Waals surface area contributed by atoms with Crippen molar-refractivity contribution in [1.29, 1.82) is 0 Å². The van der Waals surface area contributed by atoms with Crippen LogP contribution in [0.25, 0.3) is 16.4 Å². The third kappa shape index (κ3) is 3.33. The van der Waals surface area contributed by atoms with Gasteiger partial charge < -0.3 is 10.1 Å². The number of benzene rings is 1. The molecule has 0 fully saturated rings. The lowest BCUT2D eigenvalue weighted by Crippen LogP contribution is -2.32. The van der Waals surface area contributed by atoms with Gasteiger partial charge in [0.05, 0.1) is 12.6 Å². The highest BCUT2D eigenvalue weighted by Crippen LogP contribution is 2.23. The van der Waals surface area contributed by atoms with Gasteiger partial charge in [-0.3, -0.25) is 14.0 Å². The molecule has 4 rings (SSSR count). The fourth-order valence-corrected chi connectivity index (χ4v) is 3.36. The molecule has 0 aliphatic carbocycles. The van der Waals surface area contributed by atoms with E-state index >= 15 is 0 Å². The van der Waals surface area contributed by atoms with E-state index in [1.165, 1.54) is 11.8 Å². The number of hydrogen-bond acceptors (Lipinski definition) is 5. The summed E-state index contributed by atoms with van der Waals surface area (Å²) in [4.78, 5) is 29.7. The van der Waals surface area contributed by atoms with Gasteiger partial charge in [-0.1, -0.05) is 32.0 Å². The van der Waals surface area contributed by atoms with Crippen LogP contribution in [0, 0.1) is 0 Å². The van der Waals surface area contributed by atoms with E-state index in [-0.39, 0.29) is 23.9 Å². The smallest absolute Gasteiger partial charge is 0.291 e. The van der Waals surface area contributed by atoms with E-state index in [2.05, 4.69) is 15.4 Å². The lowest BCUT2D eigenvalue weighted by Gasteiger charge is -2.14. The van der Waals surface area contributed by atoms with Gasteiger partial charge in [0.2, 0.25) is 11.8 Å². The average molecular weight is 391 g/mol. The van der Waals surface area contributed by atoms with Crippen molar-refractivity contribution in [2.75, 3.05) is 12.4 Å². The zero-order chi connectivity index (χ0) is 20.5.